The zero-order chi connectivity index (χ0) is 19.2. The molecule has 1 aliphatic rings. The minimum atomic E-state index is -0.103. The molecule has 1 aromatic carbocycles. The summed E-state index contributed by atoms with van der Waals surface area (Å²) in [4.78, 5) is 24.5. The van der Waals surface area contributed by atoms with E-state index in [2.05, 4.69) is 20.2 Å². The Kier molecular flexibility index (Phi) is 5.82. The molecule has 3 aromatic rings. The summed E-state index contributed by atoms with van der Waals surface area (Å²) < 4.78 is 5.97. The Morgan fingerprint density at radius 3 is 2.61 bits per heavy atom. The predicted molar refractivity (Wildman–Crippen MR) is 110 cm³/mol. The number of piperidine rings is 1. The van der Waals surface area contributed by atoms with E-state index in [4.69, 9.17) is 4.74 Å². The molecule has 0 aliphatic carbocycles. The highest BCUT2D eigenvalue weighted by Crippen LogP contribution is 2.29. The van der Waals surface area contributed by atoms with Crippen LogP contribution < -0.4 is 15.0 Å². The lowest BCUT2D eigenvalue weighted by Gasteiger charge is -2.28. The van der Waals surface area contributed by atoms with Gasteiger partial charge in [0.2, 0.25) is 0 Å². The number of benzene rings is 1. The first-order valence-corrected chi connectivity index (χ1v) is 10.3. The van der Waals surface area contributed by atoms with Gasteiger partial charge in [0.15, 0.2) is 5.82 Å². The molecule has 0 bridgehead atoms. The fourth-order valence-electron chi connectivity index (χ4n) is 3.18. The fraction of sp³-hybridized carbons (Fsp3) is 0.286. The van der Waals surface area contributed by atoms with Crippen LogP contribution >= 0.6 is 11.3 Å². The van der Waals surface area contributed by atoms with Gasteiger partial charge in [0.1, 0.15) is 5.75 Å². The lowest BCUT2D eigenvalue weighted by atomic mass is 10.1. The van der Waals surface area contributed by atoms with Crippen LogP contribution in [-0.4, -0.2) is 29.0 Å². The maximum Gasteiger partial charge on any atom is 0.263 e. The van der Waals surface area contributed by atoms with Gasteiger partial charge in [0, 0.05) is 35.9 Å². The van der Waals surface area contributed by atoms with Crippen LogP contribution in [0.4, 0.5) is 5.82 Å². The molecule has 1 fully saturated rings. The minimum Gasteiger partial charge on any atom is -0.436 e. The normalized spacial score (nSPS) is 13.9. The molecule has 1 N–H and O–H groups in total. The number of thiophene rings is 1. The predicted octanol–water partition coefficient (Wildman–Crippen LogP) is 4.25. The van der Waals surface area contributed by atoms with E-state index in [0.29, 0.717) is 23.7 Å². The molecule has 28 heavy (non-hydrogen) atoms. The first-order valence-electron chi connectivity index (χ1n) is 9.44. The van der Waals surface area contributed by atoms with Crippen molar-refractivity contribution in [3.05, 3.63) is 64.6 Å². The van der Waals surface area contributed by atoms with Crippen molar-refractivity contribution in [1.29, 1.82) is 0 Å². The van der Waals surface area contributed by atoms with Gasteiger partial charge in [0.25, 0.3) is 11.8 Å². The third kappa shape index (κ3) is 4.48. The molecule has 0 unspecified atom stereocenters. The van der Waals surface area contributed by atoms with Gasteiger partial charge in [-0.05, 0) is 55.0 Å². The van der Waals surface area contributed by atoms with E-state index in [1.165, 1.54) is 6.42 Å². The summed E-state index contributed by atoms with van der Waals surface area (Å²) in [5.41, 5.74) is 0.597. The molecule has 0 saturated carbocycles. The summed E-state index contributed by atoms with van der Waals surface area (Å²) >= 11 is 1.63. The summed E-state index contributed by atoms with van der Waals surface area (Å²) in [6.45, 7) is 2.48. The number of rotatable bonds is 6. The average molecular weight is 395 g/mol. The van der Waals surface area contributed by atoms with E-state index >= 15 is 0 Å². The van der Waals surface area contributed by atoms with Gasteiger partial charge in [-0.1, -0.05) is 6.07 Å². The van der Waals surface area contributed by atoms with Crippen LogP contribution in [0.5, 0.6) is 11.6 Å². The molecule has 1 aliphatic heterocycles. The van der Waals surface area contributed by atoms with Crippen molar-refractivity contribution in [2.45, 2.75) is 25.8 Å². The molecule has 3 heterocycles. The second kappa shape index (κ2) is 8.84. The number of carbonyl (C=O) groups excluding carboxylic acids is 1. The number of aromatic nitrogens is 2. The molecule has 7 heteroatoms. The maximum atomic E-state index is 12.3. The number of hydrogen-bond donors (Lipinski definition) is 1. The summed E-state index contributed by atoms with van der Waals surface area (Å²) in [6, 6.07) is 11.1. The summed E-state index contributed by atoms with van der Waals surface area (Å²) in [7, 11) is 0. The third-order valence-electron chi connectivity index (χ3n) is 4.64. The lowest BCUT2D eigenvalue weighted by Crippen LogP contribution is -2.30. The minimum absolute atomic E-state index is 0.103. The van der Waals surface area contributed by atoms with Crippen LogP contribution in [-0.2, 0) is 6.54 Å². The molecule has 1 saturated heterocycles. The fourth-order valence-corrected chi connectivity index (χ4v) is 3.83. The van der Waals surface area contributed by atoms with Gasteiger partial charge in [-0.3, -0.25) is 4.79 Å². The van der Waals surface area contributed by atoms with Crippen LogP contribution in [0.1, 0.15) is 34.5 Å². The number of ether oxygens (including phenoxy) is 1. The van der Waals surface area contributed by atoms with Crippen LogP contribution in [0.25, 0.3) is 0 Å². The topological polar surface area (TPSA) is 67.3 Å². The summed E-state index contributed by atoms with van der Waals surface area (Å²) in [6.07, 6.45) is 6.90. The van der Waals surface area contributed by atoms with Crippen molar-refractivity contribution >= 4 is 23.1 Å². The van der Waals surface area contributed by atoms with Crippen LogP contribution in [0.15, 0.2) is 54.2 Å². The Morgan fingerprint density at radius 2 is 1.86 bits per heavy atom. The highest BCUT2D eigenvalue weighted by Gasteiger charge is 2.18. The molecular formula is C21H22N4O2S. The van der Waals surface area contributed by atoms with Gasteiger partial charge >= 0.3 is 0 Å². The molecule has 1 amide bonds. The van der Waals surface area contributed by atoms with Gasteiger partial charge in [0.05, 0.1) is 6.54 Å². The second-order valence-electron chi connectivity index (χ2n) is 6.62. The standard InChI is InChI=1S/C21H22N4O2S/c26-20(24-15-18-5-4-14-28-18)16-6-8-17(9-7-16)27-21-19(22-10-11-23-21)25-12-2-1-3-13-25/h4-11,14H,1-3,12-13,15H2,(H,24,26). The highest BCUT2D eigenvalue weighted by molar-refractivity contribution is 7.09. The number of amides is 1. The van der Waals surface area contributed by atoms with Crippen molar-refractivity contribution in [3.63, 3.8) is 0 Å². The van der Waals surface area contributed by atoms with Gasteiger partial charge < -0.3 is 15.0 Å². The van der Waals surface area contributed by atoms with Gasteiger partial charge in [-0.25, -0.2) is 9.97 Å². The van der Waals surface area contributed by atoms with E-state index in [1.54, 1.807) is 48.0 Å². The Hall–Kier alpha value is -2.93. The molecule has 4 rings (SSSR count). The number of carbonyl (C=O) groups is 1. The zero-order valence-electron chi connectivity index (χ0n) is 15.5. The Bertz CT molecular complexity index is 906. The first-order chi connectivity index (χ1) is 13.8. The maximum absolute atomic E-state index is 12.3. The Labute approximate surface area is 168 Å². The van der Waals surface area contributed by atoms with E-state index in [1.807, 2.05) is 17.5 Å². The highest BCUT2D eigenvalue weighted by atomic mass is 32.1. The van der Waals surface area contributed by atoms with Crippen LogP contribution in [0, 0.1) is 0 Å². The lowest BCUT2D eigenvalue weighted by molar-refractivity contribution is 0.0951. The van der Waals surface area contributed by atoms with E-state index in [9.17, 15) is 4.79 Å². The van der Waals surface area contributed by atoms with Crippen molar-refractivity contribution in [2.24, 2.45) is 0 Å². The summed E-state index contributed by atoms with van der Waals surface area (Å²) in [5.74, 6) is 1.81. The molecule has 0 atom stereocenters. The Morgan fingerprint density at radius 1 is 1.07 bits per heavy atom. The van der Waals surface area contributed by atoms with E-state index in [0.717, 1.165) is 36.6 Å². The molecule has 2 aromatic heterocycles. The smallest absolute Gasteiger partial charge is 0.263 e. The number of anilines is 1. The van der Waals surface area contributed by atoms with Crippen LogP contribution in [0.3, 0.4) is 0 Å². The third-order valence-corrected chi connectivity index (χ3v) is 5.51. The number of nitrogens with one attached hydrogen (secondary N) is 1. The second-order valence-corrected chi connectivity index (χ2v) is 7.65. The zero-order valence-corrected chi connectivity index (χ0v) is 16.3. The van der Waals surface area contributed by atoms with Gasteiger partial charge in [-0.15, -0.1) is 11.3 Å². The quantitative estimate of drug-likeness (QED) is 0.677. The summed E-state index contributed by atoms with van der Waals surface area (Å²) in [5, 5.41) is 4.92. The number of hydrogen-bond acceptors (Lipinski definition) is 6. The van der Waals surface area contributed by atoms with Crippen molar-refractivity contribution < 1.29 is 9.53 Å². The molecular weight excluding hydrogens is 372 g/mol. The largest absolute Gasteiger partial charge is 0.436 e. The Balaban J connectivity index is 1.41. The van der Waals surface area contributed by atoms with Crippen molar-refractivity contribution in [1.82, 2.24) is 15.3 Å². The molecule has 0 spiro atoms. The van der Waals surface area contributed by atoms with Crippen molar-refractivity contribution in [3.8, 4) is 11.6 Å². The molecule has 6 nitrogen and oxygen atoms in total. The van der Waals surface area contributed by atoms with Crippen molar-refractivity contribution in [2.75, 3.05) is 18.0 Å². The van der Waals surface area contributed by atoms with Gasteiger partial charge in [-0.2, -0.15) is 0 Å². The van der Waals surface area contributed by atoms with E-state index < -0.39 is 0 Å². The molecule has 0 radical (unpaired) electrons. The first kappa shape index (κ1) is 18.4. The molecule has 144 valence electrons. The van der Waals surface area contributed by atoms with Crippen LogP contribution in [0.2, 0.25) is 0 Å². The SMILES string of the molecule is O=C(NCc1cccs1)c1ccc(Oc2nccnc2N2CCCCC2)cc1. The van der Waals surface area contributed by atoms with E-state index in [-0.39, 0.29) is 5.91 Å². The average Bonchev–Trinajstić information content (AvgIpc) is 3.27. The monoisotopic (exact) mass is 394 g/mol. The number of nitrogens with zero attached hydrogens (tertiary/aromatic N) is 3.